The van der Waals surface area contributed by atoms with Gasteiger partial charge in [-0.05, 0) is 32.0 Å². The van der Waals surface area contributed by atoms with Crippen molar-refractivity contribution in [3.63, 3.8) is 0 Å². The molecular formula is C14H21NO4. The van der Waals surface area contributed by atoms with Crippen molar-refractivity contribution in [1.82, 2.24) is 5.32 Å². The Kier molecular flexibility index (Phi) is 6.92. The fourth-order valence-electron chi connectivity index (χ4n) is 1.55. The summed E-state index contributed by atoms with van der Waals surface area (Å²) in [5.74, 6) is -0.381. The minimum atomic E-state index is -0.950. The molecule has 0 saturated carbocycles. The summed E-state index contributed by atoms with van der Waals surface area (Å²) >= 11 is 0. The predicted octanol–water partition coefficient (Wildman–Crippen LogP) is 1.78. The minimum Gasteiger partial charge on any atom is -0.492 e. The van der Waals surface area contributed by atoms with E-state index in [4.69, 9.17) is 14.6 Å². The molecule has 0 aromatic heterocycles. The van der Waals surface area contributed by atoms with Gasteiger partial charge in [0.25, 0.3) is 0 Å². The van der Waals surface area contributed by atoms with Gasteiger partial charge < -0.3 is 19.9 Å². The fourth-order valence-corrected chi connectivity index (χ4v) is 1.55. The van der Waals surface area contributed by atoms with Crippen molar-refractivity contribution in [2.24, 2.45) is 0 Å². The summed E-state index contributed by atoms with van der Waals surface area (Å²) in [6, 6.07) is 6.75. The van der Waals surface area contributed by atoms with Gasteiger partial charge in [-0.1, -0.05) is 6.07 Å². The molecule has 1 aromatic rings. The van der Waals surface area contributed by atoms with Crippen LogP contribution in [0.15, 0.2) is 24.3 Å². The number of nitrogens with one attached hydrogen (secondary N) is 1. The molecule has 1 rings (SSSR count). The highest BCUT2D eigenvalue weighted by Crippen LogP contribution is 2.12. The van der Waals surface area contributed by atoms with E-state index in [1.807, 2.05) is 13.8 Å². The predicted molar refractivity (Wildman–Crippen MR) is 72.9 cm³/mol. The van der Waals surface area contributed by atoms with Gasteiger partial charge >= 0.3 is 5.97 Å². The lowest BCUT2D eigenvalue weighted by atomic mass is 10.2. The molecule has 0 fully saturated rings. The second-order valence-electron chi connectivity index (χ2n) is 4.20. The number of carbonyl (C=O) groups is 1. The maximum Gasteiger partial charge on any atom is 0.335 e. The summed E-state index contributed by atoms with van der Waals surface area (Å²) in [5, 5.41) is 12.1. The molecule has 0 radical (unpaired) electrons. The Morgan fingerprint density at radius 3 is 2.95 bits per heavy atom. The maximum absolute atomic E-state index is 10.8. The molecule has 0 aliphatic rings. The van der Waals surface area contributed by atoms with Crippen LogP contribution in [0.3, 0.4) is 0 Å². The largest absolute Gasteiger partial charge is 0.492 e. The molecule has 2 N–H and O–H groups in total. The second kappa shape index (κ2) is 8.50. The number of benzene rings is 1. The maximum atomic E-state index is 10.8. The van der Waals surface area contributed by atoms with E-state index >= 15 is 0 Å². The highest BCUT2D eigenvalue weighted by Gasteiger charge is 2.04. The molecule has 0 heterocycles. The normalized spacial score (nSPS) is 12.1. The molecule has 106 valence electrons. The van der Waals surface area contributed by atoms with Crippen molar-refractivity contribution in [2.75, 3.05) is 26.4 Å². The van der Waals surface area contributed by atoms with E-state index in [9.17, 15) is 4.79 Å². The smallest absolute Gasteiger partial charge is 0.335 e. The van der Waals surface area contributed by atoms with Crippen LogP contribution in [0, 0.1) is 0 Å². The van der Waals surface area contributed by atoms with E-state index in [0.717, 1.165) is 0 Å². The summed E-state index contributed by atoms with van der Waals surface area (Å²) in [6.45, 7) is 6.56. The summed E-state index contributed by atoms with van der Waals surface area (Å²) in [7, 11) is 0. The number of aromatic carboxylic acids is 1. The van der Waals surface area contributed by atoms with Crippen molar-refractivity contribution < 1.29 is 19.4 Å². The zero-order chi connectivity index (χ0) is 14.1. The van der Waals surface area contributed by atoms with Crippen molar-refractivity contribution in [2.45, 2.75) is 19.9 Å². The average molecular weight is 267 g/mol. The summed E-state index contributed by atoms with van der Waals surface area (Å²) in [5.41, 5.74) is 0.232. The third-order valence-electron chi connectivity index (χ3n) is 2.52. The fraction of sp³-hybridized carbons (Fsp3) is 0.500. The quantitative estimate of drug-likeness (QED) is 0.667. The molecule has 1 aromatic carbocycles. The zero-order valence-electron chi connectivity index (χ0n) is 11.4. The first kappa shape index (κ1) is 15.5. The lowest BCUT2D eigenvalue weighted by Gasteiger charge is -2.14. The molecule has 0 bridgehead atoms. The van der Waals surface area contributed by atoms with Gasteiger partial charge in [0.2, 0.25) is 0 Å². The first-order valence-electron chi connectivity index (χ1n) is 6.40. The van der Waals surface area contributed by atoms with Gasteiger partial charge in [-0.25, -0.2) is 4.79 Å². The molecule has 19 heavy (non-hydrogen) atoms. The molecule has 0 aliphatic carbocycles. The average Bonchev–Trinajstić information content (AvgIpc) is 2.41. The van der Waals surface area contributed by atoms with Gasteiger partial charge in [-0.2, -0.15) is 0 Å². The zero-order valence-corrected chi connectivity index (χ0v) is 11.4. The van der Waals surface area contributed by atoms with Gasteiger partial charge in [-0.15, -0.1) is 0 Å². The number of rotatable bonds is 9. The van der Waals surface area contributed by atoms with Gasteiger partial charge in [0, 0.05) is 19.2 Å². The molecule has 0 saturated heterocycles. The molecule has 5 nitrogen and oxygen atoms in total. The Balaban J connectivity index is 2.25. The molecule has 0 aliphatic heterocycles. The van der Waals surface area contributed by atoms with E-state index in [-0.39, 0.29) is 11.6 Å². The Morgan fingerprint density at radius 1 is 1.47 bits per heavy atom. The monoisotopic (exact) mass is 267 g/mol. The Bertz CT molecular complexity index is 395. The first-order valence-corrected chi connectivity index (χ1v) is 6.40. The van der Waals surface area contributed by atoms with Crippen molar-refractivity contribution >= 4 is 5.97 Å². The van der Waals surface area contributed by atoms with Gasteiger partial charge in [0.1, 0.15) is 12.4 Å². The van der Waals surface area contributed by atoms with Gasteiger partial charge in [0.05, 0.1) is 12.2 Å². The van der Waals surface area contributed by atoms with Crippen LogP contribution in [-0.4, -0.2) is 43.5 Å². The van der Waals surface area contributed by atoms with Crippen LogP contribution in [0.5, 0.6) is 5.75 Å². The van der Waals surface area contributed by atoms with E-state index < -0.39 is 5.97 Å². The van der Waals surface area contributed by atoms with E-state index in [2.05, 4.69) is 5.32 Å². The van der Waals surface area contributed by atoms with Crippen molar-refractivity contribution in [1.29, 1.82) is 0 Å². The lowest BCUT2D eigenvalue weighted by Crippen LogP contribution is -2.33. The van der Waals surface area contributed by atoms with Crippen LogP contribution in [0.25, 0.3) is 0 Å². The number of carboxylic acids is 1. The lowest BCUT2D eigenvalue weighted by molar-refractivity contribution is 0.0696. The number of ether oxygens (including phenoxy) is 2. The molecule has 0 amide bonds. The molecule has 1 atom stereocenters. The summed E-state index contributed by atoms with van der Waals surface area (Å²) in [6.07, 6.45) is 0. The van der Waals surface area contributed by atoms with Crippen molar-refractivity contribution in [3.8, 4) is 5.75 Å². The summed E-state index contributed by atoms with van der Waals surface area (Å²) in [4.78, 5) is 10.8. The second-order valence-corrected chi connectivity index (χ2v) is 4.20. The van der Waals surface area contributed by atoms with Crippen LogP contribution >= 0.6 is 0 Å². The highest BCUT2D eigenvalue weighted by molar-refractivity contribution is 5.87. The first-order chi connectivity index (χ1) is 9.13. The topological polar surface area (TPSA) is 67.8 Å². The molecule has 5 heteroatoms. The van der Waals surface area contributed by atoms with Crippen LogP contribution in [0.2, 0.25) is 0 Å². The van der Waals surface area contributed by atoms with Crippen LogP contribution < -0.4 is 10.1 Å². The van der Waals surface area contributed by atoms with Crippen LogP contribution in [0.1, 0.15) is 24.2 Å². The molecule has 1 unspecified atom stereocenters. The SMILES string of the molecule is CCOCC(C)NCCOc1cccc(C(=O)O)c1. The molecular weight excluding hydrogens is 246 g/mol. The Labute approximate surface area is 113 Å². The standard InChI is InChI=1S/C14H21NO4/c1-3-18-10-11(2)15-7-8-19-13-6-4-5-12(9-13)14(16)17/h4-6,9,11,15H,3,7-8,10H2,1-2H3,(H,16,17). The van der Waals surface area contributed by atoms with Gasteiger partial charge in [-0.3, -0.25) is 0 Å². The third kappa shape index (κ3) is 6.22. The van der Waals surface area contributed by atoms with E-state index in [1.165, 1.54) is 12.1 Å². The van der Waals surface area contributed by atoms with Crippen molar-refractivity contribution in [3.05, 3.63) is 29.8 Å². The molecule has 0 spiro atoms. The van der Waals surface area contributed by atoms with Crippen LogP contribution in [0.4, 0.5) is 0 Å². The Hall–Kier alpha value is -1.59. The number of hydrogen-bond acceptors (Lipinski definition) is 4. The van der Waals surface area contributed by atoms with E-state index in [0.29, 0.717) is 32.1 Å². The number of carboxylic acid groups (broad SMARTS) is 1. The van der Waals surface area contributed by atoms with E-state index in [1.54, 1.807) is 12.1 Å². The minimum absolute atomic E-state index is 0.232. The Morgan fingerprint density at radius 2 is 2.26 bits per heavy atom. The van der Waals surface area contributed by atoms with Crippen LogP contribution in [-0.2, 0) is 4.74 Å². The summed E-state index contributed by atoms with van der Waals surface area (Å²) < 4.78 is 10.8. The van der Waals surface area contributed by atoms with Gasteiger partial charge in [0.15, 0.2) is 0 Å². The highest BCUT2D eigenvalue weighted by atomic mass is 16.5. The number of hydrogen-bond donors (Lipinski definition) is 2. The third-order valence-corrected chi connectivity index (χ3v) is 2.52.